The van der Waals surface area contributed by atoms with Crippen LogP contribution in [0.15, 0.2) is 12.1 Å². The smallest absolute Gasteiger partial charge is 0.311 e. The van der Waals surface area contributed by atoms with Crippen molar-refractivity contribution < 1.29 is 33.6 Å². The Balaban J connectivity index is 1.71. The summed E-state index contributed by atoms with van der Waals surface area (Å²) >= 11 is 6.70. The molecule has 33 heavy (non-hydrogen) atoms. The number of esters is 2. The third kappa shape index (κ3) is 9.92. The van der Waals surface area contributed by atoms with Crippen molar-refractivity contribution in [3.05, 3.63) is 22.8 Å². The summed E-state index contributed by atoms with van der Waals surface area (Å²) < 4.78 is 24.7. The number of carbonyl (C=O) groups is 2. The topological polar surface area (TPSA) is 94.6 Å². The summed E-state index contributed by atoms with van der Waals surface area (Å²) in [5.74, 6) is 0.0884. The predicted molar refractivity (Wildman–Crippen MR) is 149 cm³/mol. The van der Waals surface area contributed by atoms with E-state index in [1.165, 1.54) is 0 Å². The molecule has 1 fully saturated rings. The quantitative estimate of drug-likeness (QED) is 0.131. The molecule has 186 valence electrons. The summed E-state index contributed by atoms with van der Waals surface area (Å²) in [6.07, 6.45) is 0.518. The van der Waals surface area contributed by atoms with Gasteiger partial charge in [-0.1, -0.05) is 0 Å². The van der Waals surface area contributed by atoms with E-state index in [-0.39, 0.29) is 44.3 Å². The van der Waals surface area contributed by atoms with Gasteiger partial charge in [-0.25, -0.2) is 0 Å². The van der Waals surface area contributed by atoms with Crippen molar-refractivity contribution in [3.63, 3.8) is 0 Å². The fourth-order valence-corrected chi connectivity index (χ4v) is 5.01. The Labute approximate surface area is 236 Å². The van der Waals surface area contributed by atoms with Gasteiger partial charge < -0.3 is 24.1 Å². The number of ether oxygens (including phenoxy) is 4. The molecule has 0 amide bonds. The van der Waals surface area contributed by atoms with E-state index < -0.39 is 16.9 Å². The molecule has 1 saturated heterocycles. The van der Waals surface area contributed by atoms with E-state index in [1.54, 1.807) is 13.8 Å². The number of halogens is 3. The zero-order valence-electron chi connectivity index (χ0n) is 19.3. The van der Waals surface area contributed by atoms with Crippen LogP contribution in [0.5, 0.6) is 5.75 Å². The van der Waals surface area contributed by atoms with Crippen LogP contribution in [0.3, 0.4) is 0 Å². The highest BCUT2D eigenvalue weighted by atomic mass is 127. The number of hydrogen-bond donors (Lipinski definition) is 1. The number of benzene rings is 1. The van der Waals surface area contributed by atoms with Crippen molar-refractivity contribution in [2.75, 3.05) is 26.4 Å². The molecule has 1 aliphatic heterocycles. The molecule has 0 saturated carbocycles. The third-order valence-electron chi connectivity index (χ3n) is 5.36. The van der Waals surface area contributed by atoms with E-state index in [2.05, 4.69) is 73.8 Å². The van der Waals surface area contributed by atoms with Gasteiger partial charge in [0.05, 0.1) is 33.7 Å². The van der Waals surface area contributed by atoms with Gasteiger partial charge in [0.25, 0.3) is 0 Å². The Bertz CT molecular complexity index is 838. The largest absolute Gasteiger partial charge is 0.490 e. The van der Waals surface area contributed by atoms with Gasteiger partial charge in [-0.05, 0) is 120 Å². The molecule has 1 N–H and O–H groups in total. The second-order valence-electron chi connectivity index (χ2n) is 9.41. The zero-order chi connectivity index (χ0) is 24.8. The van der Waals surface area contributed by atoms with E-state index in [0.29, 0.717) is 19.4 Å². The van der Waals surface area contributed by atoms with Gasteiger partial charge >= 0.3 is 11.9 Å². The molecule has 0 bridgehead atoms. The summed E-state index contributed by atoms with van der Waals surface area (Å²) in [5, 5.41) is 10.2. The van der Waals surface area contributed by atoms with Crippen molar-refractivity contribution >= 4 is 79.7 Å². The van der Waals surface area contributed by atoms with Crippen molar-refractivity contribution in [1.29, 1.82) is 0 Å². The molecule has 0 aliphatic carbocycles. The van der Waals surface area contributed by atoms with Gasteiger partial charge in [-0.3, -0.25) is 9.59 Å². The molecule has 0 aromatic heterocycles. The lowest BCUT2D eigenvalue weighted by Gasteiger charge is -2.28. The Morgan fingerprint density at radius 3 is 2.24 bits per heavy atom. The van der Waals surface area contributed by atoms with Crippen molar-refractivity contribution in [2.45, 2.75) is 59.2 Å². The molecule has 1 aliphatic rings. The summed E-state index contributed by atoms with van der Waals surface area (Å²) in [6, 6.07) is 3.98. The lowest BCUT2D eigenvalue weighted by atomic mass is 9.79. The first kappa shape index (κ1) is 29.3. The molecule has 7 nitrogen and oxygen atoms in total. The van der Waals surface area contributed by atoms with Crippen LogP contribution >= 0.6 is 67.8 Å². The van der Waals surface area contributed by atoms with Crippen LogP contribution in [0.1, 0.15) is 47.0 Å². The van der Waals surface area contributed by atoms with Crippen LogP contribution in [-0.4, -0.2) is 55.7 Å². The number of carbonyl (C=O) groups excluding carboxylic acids is 2. The number of aliphatic hydroxyl groups excluding tert-OH is 1. The Hall–Kier alpha value is 0.0700. The molecule has 10 heteroatoms. The van der Waals surface area contributed by atoms with Gasteiger partial charge in [0.1, 0.15) is 25.1 Å². The maximum absolute atomic E-state index is 12.6. The molecule has 1 aromatic carbocycles. The molecule has 1 heterocycles. The number of epoxide rings is 1. The van der Waals surface area contributed by atoms with Gasteiger partial charge in [0, 0.05) is 13.6 Å². The van der Waals surface area contributed by atoms with Crippen LogP contribution in [-0.2, 0) is 23.8 Å². The van der Waals surface area contributed by atoms with E-state index >= 15 is 0 Å². The highest BCUT2D eigenvalue weighted by Gasteiger charge is 2.37. The minimum absolute atomic E-state index is 0.0285. The third-order valence-corrected chi connectivity index (χ3v) is 8.98. The second kappa shape index (κ2) is 12.9. The van der Waals surface area contributed by atoms with Gasteiger partial charge in [-0.15, -0.1) is 0 Å². The lowest BCUT2D eigenvalue weighted by Crippen LogP contribution is -2.33. The van der Waals surface area contributed by atoms with Gasteiger partial charge in [0.15, 0.2) is 0 Å². The molecule has 1 aromatic rings. The predicted octanol–water partition coefficient (Wildman–Crippen LogP) is 4.95. The molecule has 0 radical (unpaired) electrons. The number of aliphatic hydroxyl groups is 1. The highest BCUT2D eigenvalue weighted by molar-refractivity contribution is 14.1. The monoisotopic (exact) mass is 800 g/mol. The summed E-state index contributed by atoms with van der Waals surface area (Å²) in [4.78, 5) is 24.9. The molecule has 2 unspecified atom stereocenters. The molecular weight excluding hydrogens is 769 g/mol. The van der Waals surface area contributed by atoms with E-state index in [0.717, 1.165) is 16.5 Å². The minimum atomic E-state index is -0.758. The second-order valence-corrected chi connectivity index (χ2v) is 12.9. The maximum Gasteiger partial charge on any atom is 0.311 e. The van der Waals surface area contributed by atoms with Crippen molar-refractivity contribution in [2.24, 2.45) is 10.8 Å². The normalized spacial score (nSPS) is 16.8. The Morgan fingerprint density at radius 2 is 1.67 bits per heavy atom. The van der Waals surface area contributed by atoms with Gasteiger partial charge in [0.2, 0.25) is 0 Å². The summed E-state index contributed by atoms with van der Waals surface area (Å²) in [7, 11) is 0. The van der Waals surface area contributed by atoms with E-state index in [9.17, 15) is 14.7 Å². The first-order chi connectivity index (χ1) is 15.3. The van der Waals surface area contributed by atoms with Crippen molar-refractivity contribution in [1.82, 2.24) is 0 Å². The van der Waals surface area contributed by atoms with Crippen LogP contribution < -0.4 is 4.74 Å². The minimum Gasteiger partial charge on any atom is -0.490 e. The summed E-state index contributed by atoms with van der Waals surface area (Å²) in [6.45, 7) is 8.37. The van der Waals surface area contributed by atoms with Crippen molar-refractivity contribution in [3.8, 4) is 5.75 Å². The highest BCUT2D eigenvalue weighted by Crippen LogP contribution is 2.33. The van der Waals surface area contributed by atoms with Crippen LogP contribution in [0.4, 0.5) is 0 Å². The molecular formula is C23H31I3O7. The first-order valence-corrected chi connectivity index (χ1v) is 14.0. The van der Waals surface area contributed by atoms with Crippen LogP contribution in [0.2, 0.25) is 0 Å². The van der Waals surface area contributed by atoms with Crippen LogP contribution in [0.25, 0.3) is 0 Å². The van der Waals surface area contributed by atoms with E-state index in [1.807, 2.05) is 19.9 Å². The average Bonchev–Trinajstić information content (AvgIpc) is 3.56. The molecule has 0 spiro atoms. The van der Waals surface area contributed by atoms with Gasteiger partial charge in [-0.2, -0.15) is 0 Å². The molecule has 2 atom stereocenters. The fourth-order valence-electron chi connectivity index (χ4n) is 2.75. The first-order valence-electron chi connectivity index (χ1n) is 10.7. The lowest BCUT2D eigenvalue weighted by molar-refractivity contribution is -0.159. The van der Waals surface area contributed by atoms with E-state index in [4.69, 9.17) is 18.9 Å². The number of hydrogen-bond acceptors (Lipinski definition) is 7. The standard InChI is InChI=1S/C23H31I3O7/c1-22(2,6-7-23(3,4)21(29)33-13-16-12-31-16)20(28)30-8-5-15(27)11-32-18-10-14(24)9-17(25)19(18)26/h9-10,15-16,27H,5-8,11-13H2,1-4H3. The maximum atomic E-state index is 12.6. The SMILES string of the molecule is CC(C)(CCC(C)(C)C(=O)OCC1CO1)C(=O)OCCC(O)COc1cc(I)cc(I)c1I. The number of rotatable bonds is 13. The fraction of sp³-hybridized carbons (Fsp3) is 0.652. The molecule has 2 rings (SSSR count). The Kier molecular flexibility index (Phi) is 11.4. The summed E-state index contributed by atoms with van der Waals surface area (Å²) in [5.41, 5.74) is -1.46. The average molecular weight is 800 g/mol. The Morgan fingerprint density at radius 1 is 1.09 bits per heavy atom. The zero-order valence-corrected chi connectivity index (χ0v) is 25.8. The van der Waals surface area contributed by atoms with Crippen LogP contribution in [0, 0.1) is 21.5 Å².